The number of hydrogen-bond acceptors (Lipinski definition) is 4. The number of fused-ring (bicyclic) bond motifs is 1. The molecule has 1 aromatic carbocycles. The topological polar surface area (TPSA) is 58.6 Å². The van der Waals surface area contributed by atoms with Crippen LogP contribution in [0.5, 0.6) is 11.5 Å². The molecule has 0 bridgehead atoms. The first-order valence-electron chi connectivity index (χ1n) is 6.75. The van der Waals surface area contributed by atoms with Crippen molar-refractivity contribution < 1.29 is 48.9 Å². The second-order valence-corrected chi connectivity index (χ2v) is 5.43. The smallest absolute Gasteiger partial charge is 0.545 e. The van der Waals surface area contributed by atoms with Crippen molar-refractivity contribution in [3.05, 3.63) is 23.3 Å². The number of carboxylic acid groups (broad SMARTS) is 1. The van der Waals surface area contributed by atoms with Crippen molar-refractivity contribution in [1.29, 1.82) is 0 Å². The van der Waals surface area contributed by atoms with Gasteiger partial charge >= 0.3 is 29.6 Å². The number of carboxylic acids is 1. The normalized spacial score (nSPS) is 18.9. The second kappa shape index (κ2) is 5.96. The fourth-order valence-electron chi connectivity index (χ4n) is 3.30. The third-order valence-corrected chi connectivity index (χ3v) is 4.24. The van der Waals surface area contributed by atoms with Crippen LogP contribution >= 0.6 is 0 Å². The molecule has 1 aliphatic heterocycles. The number of carbonyl (C=O) groups excluding carboxylic acids is 1. The third-order valence-electron chi connectivity index (χ3n) is 4.24. The van der Waals surface area contributed by atoms with Gasteiger partial charge in [-0.1, -0.05) is 6.42 Å². The standard InChI is InChI=1S/C15H18O4.Na/c1-18-12-6-5-10(14(16)17)13-11(12)9-15(19-13)7-3-2-4-8-15;/h5-6H,2-4,7-9H2,1H3,(H,16,17);/q;+1/p-1. The second-order valence-electron chi connectivity index (χ2n) is 5.43. The van der Waals surface area contributed by atoms with E-state index in [1.807, 2.05) is 0 Å². The van der Waals surface area contributed by atoms with Crippen LogP contribution in [0.15, 0.2) is 12.1 Å². The number of carbonyl (C=O) groups is 1. The van der Waals surface area contributed by atoms with E-state index in [4.69, 9.17) is 9.47 Å². The SMILES string of the molecule is COc1ccc(C(=O)[O-])c2c1CC1(CCCCC1)O2.[Na+]. The Morgan fingerprint density at radius 1 is 1.30 bits per heavy atom. The quantitative estimate of drug-likeness (QED) is 0.634. The number of rotatable bonds is 2. The first kappa shape index (κ1) is 15.7. The van der Waals surface area contributed by atoms with Gasteiger partial charge in [-0.2, -0.15) is 0 Å². The summed E-state index contributed by atoms with van der Waals surface area (Å²) in [6, 6.07) is 3.20. The van der Waals surface area contributed by atoms with Gasteiger partial charge in [-0.3, -0.25) is 0 Å². The molecule has 1 fully saturated rings. The fraction of sp³-hybridized carbons (Fsp3) is 0.533. The van der Waals surface area contributed by atoms with Crippen molar-refractivity contribution in [2.24, 2.45) is 0 Å². The maximum atomic E-state index is 11.2. The molecule has 20 heavy (non-hydrogen) atoms. The minimum Gasteiger partial charge on any atom is -0.545 e. The van der Waals surface area contributed by atoms with Crippen LogP contribution in [0.4, 0.5) is 0 Å². The van der Waals surface area contributed by atoms with Gasteiger partial charge in [0.15, 0.2) is 0 Å². The van der Waals surface area contributed by atoms with E-state index < -0.39 is 5.97 Å². The third kappa shape index (κ3) is 2.57. The molecular weight excluding hydrogens is 267 g/mol. The largest absolute Gasteiger partial charge is 1.00 e. The Labute approximate surface area is 140 Å². The molecule has 1 aromatic rings. The van der Waals surface area contributed by atoms with Crippen LogP contribution in [0.3, 0.4) is 0 Å². The van der Waals surface area contributed by atoms with Crippen molar-refractivity contribution in [2.75, 3.05) is 7.11 Å². The van der Waals surface area contributed by atoms with E-state index in [9.17, 15) is 9.90 Å². The van der Waals surface area contributed by atoms with E-state index in [1.54, 1.807) is 13.2 Å². The van der Waals surface area contributed by atoms with Gasteiger partial charge in [0.2, 0.25) is 0 Å². The van der Waals surface area contributed by atoms with Gasteiger partial charge in [0.25, 0.3) is 0 Å². The Balaban J connectivity index is 0.00000147. The molecule has 0 unspecified atom stereocenters. The molecule has 3 rings (SSSR count). The summed E-state index contributed by atoms with van der Waals surface area (Å²) in [6.45, 7) is 0. The number of methoxy groups -OCH3 is 1. The van der Waals surface area contributed by atoms with Crippen LogP contribution in [0, 0.1) is 0 Å². The van der Waals surface area contributed by atoms with E-state index in [-0.39, 0.29) is 40.7 Å². The average Bonchev–Trinajstić information content (AvgIpc) is 2.76. The molecule has 4 nitrogen and oxygen atoms in total. The van der Waals surface area contributed by atoms with Crippen LogP contribution in [-0.2, 0) is 6.42 Å². The number of benzene rings is 1. The summed E-state index contributed by atoms with van der Waals surface area (Å²) >= 11 is 0. The summed E-state index contributed by atoms with van der Waals surface area (Å²) in [5.41, 5.74) is 0.795. The molecule has 102 valence electrons. The van der Waals surface area contributed by atoms with Gasteiger partial charge < -0.3 is 19.4 Å². The van der Waals surface area contributed by atoms with E-state index >= 15 is 0 Å². The molecular formula is C15H17NaO4. The summed E-state index contributed by atoms with van der Waals surface area (Å²) in [5.74, 6) is -0.0181. The zero-order valence-electron chi connectivity index (χ0n) is 12.0. The Kier molecular flexibility index (Phi) is 4.67. The van der Waals surface area contributed by atoms with E-state index in [1.165, 1.54) is 12.5 Å². The van der Waals surface area contributed by atoms with Crippen molar-refractivity contribution >= 4 is 5.97 Å². The molecule has 2 aliphatic rings. The first-order chi connectivity index (χ1) is 9.15. The number of aromatic carboxylic acids is 1. The summed E-state index contributed by atoms with van der Waals surface area (Å²) in [4.78, 5) is 11.2. The number of hydrogen-bond donors (Lipinski definition) is 0. The minimum atomic E-state index is -1.19. The van der Waals surface area contributed by atoms with E-state index in [0.717, 1.165) is 37.7 Å². The van der Waals surface area contributed by atoms with Gasteiger partial charge in [-0.25, -0.2) is 0 Å². The Bertz CT molecular complexity index is 521. The van der Waals surface area contributed by atoms with Crippen molar-refractivity contribution in [3.63, 3.8) is 0 Å². The molecule has 1 aliphatic carbocycles. The Morgan fingerprint density at radius 2 is 2.00 bits per heavy atom. The monoisotopic (exact) mass is 284 g/mol. The summed E-state index contributed by atoms with van der Waals surface area (Å²) in [6.07, 6.45) is 6.21. The maximum absolute atomic E-state index is 11.2. The van der Waals surface area contributed by atoms with Gasteiger partial charge in [-0.05, 0) is 37.8 Å². The molecule has 0 atom stereocenters. The van der Waals surface area contributed by atoms with Gasteiger partial charge in [-0.15, -0.1) is 0 Å². The summed E-state index contributed by atoms with van der Waals surface area (Å²) < 4.78 is 11.4. The van der Waals surface area contributed by atoms with Gasteiger partial charge in [0.1, 0.15) is 17.1 Å². The summed E-state index contributed by atoms with van der Waals surface area (Å²) in [5, 5.41) is 11.2. The van der Waals surface area contributed by atoms with Crippen molar-refractivity contribution in [3.8, 4) is 11.5 Å². The molecule has 0 saturated heterocycles. The Hall–Kier alpha value is -0.710. The van der Waals surface area contributed by atoms with Gasteiger partial charge in [0.05, 0.1) is 13.1 Å². The molecule has 1 heterocycles. The number of ether oxygens (including phenoxy) is 2. The molecule has 1 saturated carbocycles. The molecule has 0 amide bonds. The minimum absolute atomic E-state index is 0. The van der Waals surface area contributed by atoms with E-state index in [2.05, 4.69) is 0 Å². The predicted octanol–water partition coefficient (Wildman–Crippen LogP) is -1.30. The zero-order valence-corrected chi connectivity index (χ0v) is 14.0. The Morgan fingerprint density at radius 3 is 2.60 bits per heavy atom. The van der Waals surface area contributed by atoms with Gasteiger partial charge in [0, 0.05) is 17.5 Å². The molecule has 0 radical (unpaired) electrons. The predicted molar refractivity (Wildman–Crippen MR) is 67.5 cm³/mol. The summed E-state index contributed by atoms with van der Waals surface area (Å²) in [7, 11) is 1.60. The van der Waals surface area contributed by atoms with E-state index in [0.29, 0.717) is 11.5 Å². The molecule has 1 spiro atoms. The zero-order chi connectivity index (χ0) is 13.5. The van der Waals surface area contributed by atoms with Crippen LogP contribution < -0.4 is 44.1 Å². The molecule has 5 heteroatoms. The van der Waals surface area contributed by atoms with Crippen LogP contribution in [0.1, 0.15) is 48.0 Å². The average molecular weight is 284 g/mol. The van der Waals surface area contributed by atoms with Crippen molar-refractivity contribution in [2.45, 2.75) is 44.1 Å². The molecule has 0 aromatic heterocycles. The first-order valence-corrected chi connectivity index (χ1v) is 6.75. The van der Waals surface area contributed by atoms with Crippen molar-refractivity contribution in [1.82, 2.24) is 0 Å². The molecule has 0 N–H and O–H groups in total. The maximum Gasteiger partial charge on any atom is 1.00 e. The van der Waals surface area contributed by atoms with Crippen LogP contribution in [-0.4, -0.2) is 18.7 Å². The fourth-order valence-corrected chi connectivity index (χ4v) is 3.30. The van der Waals surface area contributed by atoms with Crippen LogP contribution in [0.2, 0.25) is 0 Å². The van der Waals surface area contributed by atoms with Crippen LogP contribution in [0.25, 0.3) is 0 Å².